The summed E-state index contributed by atoms with van der Waals surface area (Å²) < 4.78 is 0. The van der Waals surface area contributed by atoms with Gasteiger partial charge in [0.1, 0.15) is 0 Å². The normalized spacial score (nSPS) is 10.6. The highest BCUT2D eigenvalue weighted by Gasteiger charge is 2.07. The maximum absolute atomic E-state index is 5.56. The van der Waals surface area contributed by atoms with Crippen molar-refractivity contribution in [1.29, 1.82) is 0 Å². The summed E-state index contributed by atoms with van der Waals surface area (Å²) in [7, 11) is 0. The van der Waals surface area contributed by atoms with E-state index in [2.05, 4.69) is 20.4 Å². The molecule has 0 radical (unpaired) electrons. The minimum atomic E-state index is 0.383. The first-order chi connectivity index (χ1) is 9.36. The summed E-state index contributed by atoms with van der Waals surface area (Å²) in [6.45, 7) is 0.383. The molecule has 0 spiro atoms. The number of pyridine rings is 1. The standard InChI is InChI=1S/C13H12N6/c14-9-11-8-12(6-7-15-11)19-17-13(16-18-19)10-4-2-1-3-5-10/h1-8H,9,14H2. The minimum absolute atomic E-state index is 0.383. The largest absolute Gasteiger partial charge is 0.325 e. The van der Waals surface area contributed by atoms with Crippen molar-refractivity contribution in [2.24, 2.45) is 5.73 Å². The Morgan fingerprint density at radius 3 is 2.74 bits per heavy atom. The highest BCUT2D eigenvalue weighted by molar-refractivity contribution is 5.53. The summed E-state index contributed by atoms with van der Waals surface area (Å²) in [6.07, 6.45) is 1.68. The maximum Gasteiger partial charge on any atom is 0.205 e. The summed E-state index contributed by atoms with van der Waals surface area (Å²) in [5.41, 5.74) is 8.08. The zero-order valence-electron chi connectivity index (χ0n) is 10.1. The Morgan fingerprint density at radius 1 is 1.11 bits per heavy atom. The zero-order valence-corrected chi connectivity index (χ0v) is 10.1. The molecule has 19 heavy (non-hydrogen) atoms. The lowest BCUT2D eigenvalue weighted by Crippen LogP contribution is -2.04. The van der Waals surface area contributed by atoms with Crippen molar-refractivity contribution < 1.29 is 0 Å². The number of nitrogens with zero attached hydrogens (tertiary/aromatic N) is 5. The third-order valence-corrected chi connectivity index (χ3v) is 2.69. The molecule has 3 aromatic rings. The molecule has 0 aliphatic heterocycles. The van der Waals surface area contributed by atoms with E-state index in [0.717, 1.165) is 16.9 Å². The molecule has 6 nitrogen and oxygen atoms in total. The average molecular weight is 252 g/mol. The first-order valence-electron chi connectivity index (χ1n) is 5.87. The van der Waals surface area contributed by atoms with E-state index >= 15 is 0 Å². The molecule has 0 atom stereocenters. The van der Waals surface area contributed by atoms with Crippen LogP contribution in [0.25, 0.3) is 17.1 Å². The van der Waals surface area contributed by atoms with Crippen molar-refractivity contribution in [3.8, 4) is 17.1 Å². The van der Waals surface area contributed by atoms with Crippen LogP contribution < -0.4 is 5.73 Å². The Bertz CT molecular complexity index is 676. The maximum atomic E-state index is 5.56. The lowest BCUT2D eigenvalue weighted by molar-refractivity contribution is 0.716. The fourth-order valence-corrected chi connectivity index (χ4v) is 1.73. The third-order valence-electron chi connectivity index (χ3n) is 2.69. The lowest BCUT2D eigenvalue weighted by atomic mass is 10.2. The second kappa shape index (κ2) is 4.95. The van der Waals surface area contributed by atoms with Crippen LogP contribution >= 0.6 is 0 Å². The smallest absolute Gasteiger partial charge is 0.205 e. The number of benzene rings is 1. The Labute approximate surface area is 109 Å². The van der Waals surface area contributed by atoms with Gasteiger partial charge in [-0.05, 0) is 17.3 Å². The molecule has 0 saturated carbocycles. The van der Waals surface area contributed by atoms with E-state index in [-0.39, 0.29) is 0 Å². The van der Waals surface area contributed by atoms with Gasteiger partial charge in [-0.25, -0.2) is 0 Å². The molecule has 0 fully saturated rings. The van der Waals surface area contributed by atoms with E-state index in [9.17, 15) is 0 Å². The van der Waals surface area contributed by atoms with Crippen molar-refractivity contribution >= 4 is 0 Å². The summed E-state index contributed by atoms with van der Waals surface area (Å²) in [4.78, 5) is 5.61. The average Bonchev–Trinajstić information content (AvgIpc) is 2.98. The summed E-state index contributed by atoms with van der Waals surface area (Å²) in [5, 5.41) is 12.4. The molecule has 94 valence electrons. The number of nitrogens with two attached hydrogens (primary N) is 1. The molecule has 6 heteroatoms. The Hall–Kier alpha value is -2.60. The zero-order chi connectivity index (χ0) is 13.1. The van der Waals surface area contributed by atoms with Crippen LogP contribution in [-0.4, -0.2) is 25.2 Å². The Morgan fingerprint density at radius 2 is 1.95 bits per heavy atom. The molecule has 2 N–H and O–H groups in total. The van der Waals surface area contributed by atoms with Crippen LogP contribution in [0, 0.1) is 0 Å². The molecule has 0 aliphatic carbocycles. The van der Waals surface area contributed by atoms with Gasteiger partial charge < -0.3 is 5.73 Å². The molecule has 0 saturated heterocycles. The van der Waals surface area contributed by atoms with Crippen LogP contribution in [0.2, 0.25) is 0 Å². The van der Waals surface area contributed by atoms with Crippen LogP contribution in [0.5, 0.6) is 0 Å². The van der Waals surface area contributed by atoms with Crippen molar-refractivity contribution in [2.45, 2.75) is 6.54 Å². The van der Waals surface area contributed by atoms with Crippen LogP contribution in [0.4, 0.5) is 0 Å². The molecule has 0 bridgehead atoms. The Balaban J connectivity index is 1.97. The highest BCUT2D eigenvalue weighted by Crippen LogP contribution is 2.13. The predicted molar refractivity (Wildman–Crippen MR) is 70.3 cm³/mol. The first-order valence-corrected chi connectivity index (χ1v) is 5.87. The number of aromatic nitrogens is 5. The van der Waals surface area contributed by atoms with Crippen molar-refractivity contribution in [1.82, 2.24) is 25.2 Å². The van der Waals surface area contributed by atoms with Gasteiger partial charge in [0.15, 0.2) is 0 Å². The van der Waals surface area contributed by atoms with Gasteiger partial charge in [-0.3, -0.25) is 4.98 Å². The SMILES string of the molecule is NCc1cc(-n2nnc(-c3ccccc3)n2)ccn1. The number of rotatable bonds is 3. The van der Waals surface area contributed by atoms with Crippen molar-refractivity contribution in [2.75, 3.05) is 0 Å². The minimum Gasteiger partial charge on any atom is -0.325 e. The topological polar surface area (TPSA) is 82.5 Å². The van der Waals surface area contributed by atoms with Gasteiger partial charge in [0, 0.05) is 18.3 Å². The molecule has 3 rings (SSSR count). The molecule has 2 aromatic heterocycles. The van der Waals surface area contributed by atoms with E-state index < -0.39 is 0 Å². The second-order valence-corrected chi connectivity index (χ2v) is 3.98. The fraction of sp³-hybridized carbons (Fsp3) is 0.0769. The van der Waals surface area contributed by atoms with Gasteiger partial charge in [0.2, 0.25) is 5.82 Å². The molecule has 0 amide bonds. The van der Waals surface area contributed by atoms with E-state index in [1.807, 2.05) is 42.5 Å². The molecule has 0 aliphatic rings. The number of tetrazole rings is 1. The van der Waals surface area contributed by atoms with E-state index in [4.69, 9.17) is 5.73 Å². The highest BCUT2D eigenvalue weighted by atomic mass is 15.6. The van der Waals surface area contributed by atoms with E-state index in [1.54, 1.807) is 6.20 Å². The summed E-state index contributed by atoms with van der Waals surface area (Å²) in [6, 6.07) is 13.4. The fourth-order valence-electron chi connectivity index (χ4n) is 1.73. The van der Waals surface area contributed by atoms with E-state index in [1.165, 1.54) is 4.80 Å². The van der Waals surface area contributed by atoms with Crippen LogP contribution in [0.3, 0.4) is 0 Å². The van der Waals surface area contributed by atoms with Gasteiger partial charge >= 0.3 is 0 Å². The lowest BCUT2D eigenvalue weighted by Gasteiger charge is -2.00. The number of hydrogen-bond acceptors (Lipinski definition) is 5. The van der Waals surface area contributed by atoms with E-state index in [0.29, 0.717) is 12.4 Å². The molecule has 1 aromatic carbocycles. The molecule has 2 heterocycles. The van der Waals surface area contributed by atoms with Gasteiger partial charge in [-0.2, -0.15) is 0 Å². The van der Waals surface area contributed by atoms with Gasteiger partial charge in [-0.1, -0.05) is 30.3 Å². The summed E-state index contributed by atoms with van der Waals surface area (Å²) in [5.74, 6) is 0.590. The third kappa shape index (κ3) is 2.34. The van der Waals surface area contributed by atoms with Gasteiger partial charge in [-0.15, -0.1) is 15.0 Å². The van der Waals surface area contributed by atoms with Crippen LogP contribution in [0.1, 0.15) is 5.69 Å². The van der Waals surface area contributed by atoms with Crippen LogP contribution in [-0.2, 0) is 6.54 Å². The summed E-state index contributed by atoms with van der Waals surface area (Å²) >= 11 is 0. The van der Waals surface area contributed by atoms with Crippen molar-refractivity contribution in [3.63, 3.8) is 0 Å². The van der Waals surface area contributed by atoms with Gasteiger partial charge in [0.05, 0.1) is 11.4 Å². The number of hydrogen-bond donors (Lipinski definition) is 1. The molecular weight excluding hydrogens is 240 g/mol. The molecular formula is C13H12N6. The predicted octanol–water partition coefficient (Wildman–Crippen LogP) is 1.18. The monoisotopic (exact) mass is 252 g/mol. The Kier molecular flexibility index (Phi) is 2.99. The van der Waals surface area contributed by atoms with Gasteiger partial charge in [0.25, 0.3) is 0 Å². The van der Waals surface area contributed by atoms with Crippen molar-refractivity contribution in [3.05, 3.63) is 54.4 Å². The first kappa shape index (κ1) is 11.5. The second-order valence-electron chi connectivity index (χ2n) is 3.98. The quantitative estimate of drug-likeness (QED) is 0.757. The molecule has 0 unspecified atom stereocenters. The van der Waals surface area contributed by atoms with Crippen LogP contribution in [0.15, 0.2) is 48.7 Å².